The van der Waals surface area contributed by atoms with Crippen LogP contribution in [0.3, 0.4) is 0 Å². The number of likely N-dealkylation sites (tertiary alicyclic amines) is 1. The Kier molecular flexibility index (Phi) is 5.41. The zero-order valence-corrected chi connectivity index (χ0v) is 12.4. The van der Waals surface area contributed by atoms with E-state index in [1.54, 1.807) is 0 Å². The summed E-state index contributed by atoms with van der Waals surface area (Å²) in [5, 5.41) is 0. The number of hydrogen-bond acceptors (Lipinski definition) is 2. The van der Waals surface area contributed by atoms with E-state index in [9.17, 15) is 0 Å². The average Bonchev–Trinajstić information content (AvgIpc) is 2.42. The second-order valence-corrected chi connectivity index (χ2v) is 6.19. The number of hydrogen-bond donors (Lipinski definition) is 1. The molecule has 0 aliphatic carbocycles. The molecule has 0 bridgehead atoms. The van der Waals surface area contributed by atoms with Crippen molar-refractivity contribution in [1.82, 2.24) is 4.90 Å². The van der Waals surface area contributed by atoms with Crippen LogP contribution in [0, 0.1) is 5.92 Å². The van der Waals surface area contributed by atoms with Crippen LogP contribution in [-0.2, 0) is 6.54 Å². The summed E-state index contributed by atoms with van der Waals surface area (Å²) in [6, 6.07) is 9.14. The van der Waals surface area contributed by atoms with Crippen LogP contribution >= 0.6 is 0 Å². The van der Waals surface area contributed by atoms with Crippen LogP contribution in [0.25, 0.3) is 0 Å². The normalized spacial score (nSPS) is 18.1. The molecule has 0 saturated carbocycles. The van der Waals surface area contributed by atoms with Gasteiger partial charge in [-0.05, 0) is 61.9 Å². The van der Waals surface area contributed by atoms with Crippen LogP contribution in [0.4, 0.5) is 0 Å². The summed E-state index contributed by atoms with van der Waals surface area (Å²) in [6.45, 7) is 8.91. The second kappa shape index (κ2) is 7.06. The number of benzene rings is 1. The predicted molar refractivity (Wildman–Crippen MR) is 82.2 cm³/mol. The van der Waals surface area contributed by atoms with Gasteiger partial charge < -0.3 is 5.73 Å². The topological polar surface area (TPSA) is 29.3 Å². The average molecular weight is 260 g/mol. The Morgan fingerprint density at radius 2 is 1.79 bits per heavy atom. The highest BCUT2D eigenvalue weighted by molar-refractivity contribution is 5.24. The molecule has 1 aromatic rings. The monoisotopic (exact) mass is 260 g/mol. The van der Waals surface area contributed by atoms with Crippen molar-refractivity contribution in [1.29, 1.82) is 0 Å². The smallest absolute Gasteiger partial charge is 0.0233 e. The van der Waals surface area contributed by atoms with Gasteiger partial charge in [0.15, 0.2) is 0 Å². The molecule has 0 spiro atoms. The molecular weight excluding hydrogens is 232 g/mol. The number of nitrogens with zero attached hydrogens (tertiary/aromatic N) is 1. The van der Waals surface area contributed by atoms with Crippen LogP contribution in [0.15, 0.2) is 24.3 Å². The summed E-state index contributed by atoms with van der Waals surface area (Å²) >= 11 is 0. The number of rotatable bonds is 5. The summed E-state index contributed by atoms with van der Waals surface area (Å²) in [6.07, 6.45) is 3.85. The van der Waals surface area contributed by atoms with Gasteiger partial charge in [0.05, 0.1) is 0 Å². The molecule has 2 rings (SSSR count). The SMILES string of the molecule is CC(C)c1ccc(CN2CCC(CCN)CC2)cc1. The fourth-order valence-corrected chi connectivity index (χ4v) is 2.94. The van der Waals surface area contributed by atoms with Crippen molar-refractivity contribution in [3.8, 4) is 0 Å². The van der Waals surface area contributed by atoms with E-state index >= 15 is 0 Å². The van der Waals surface area contributed by atoms with Gasteiger partial charge >= 0.3 is 0 Å². The summed E-state index contributed by atoms with van der Waals surface area (Å²) in [4.78, 5) is 2.58. The van der Waals surface area contributed by atoms with E-state index in [1.165, 1.54) is 43.5 Å². The highest BCUT2D eigenvalue weighted by Crippen LogP contribution is 2.22. The Hall–Kier alpha value is -0.860. The van der Waals surface area contributed by atoms with Gasteiger partial charge in [-0.3, -0.25) is 4.90 Å². The Morgan fingerprint density at radius 1 is 1.16 bits per heavy atom. The van der Waals surface area contributed by atoms with Gasteiger partial charge in [0, 0.05) is 6.54 Å². The van der Waals surface area contributed by atoms with Crippen molar-refractivity contribution in [2.45, 2.75) is 45.6 Å². The Balaban J connectivity index is 1.82. The molecule has 106 valence electrons. The molecule has 1 saturated heterocycles. The van der Waals surface area contributed by atoms with Crippen LogP contribution in [-0.4, -0.2) is 24.5 Å². The molecule has 19 heavy (non-hydrogen) atoms. The van der Waals surface area contributed by atoms with Crippen LogP contribution in [0.2, 0.25) is 0 Å². The lowest BCUT2D eigenvalue weighted by molar-refractivity contribution is 0.173. The van der Waals surface area contributed by atoms with Gasteiger partial charge in [-0.2, -0.15) is 0 Å². The minimum atomic E-state index is 0.626. The maximum Gasteiger partial charge on any atom is 0.0233 e. The molecule has 0 aromatic heterocycles. The molecule has 1 aliphatic heterocycles. The first-order chi connectivity index (χ1) is 9.19. The minimum Gasteiger partial charge on any atom is -0.330 e. The van der Waals surface area contributed by atoms with Gasteiger partial charge in [-0.1, -0.05) is 38.1 Å². The fraction of sp³-hybridized carbons (Fsp3) is 0.647. The van der Waals surface area contributed by atoms with E-state index in [0.29, 0.717) is 5.92 Å². The van der Waals surface area contributed by atoms with Crippen LogP contribution in [0.1, 0.15) is 50.2 Å². The standard InChI is InChI=1S/C17H28N2/c1-14(2)17-5-3-16(4-6-17)13-19-11-8-15(7-10-18)9-12-19/h3-6,14-15H,7-13,18H2,1-2H3. The molecule has 0 amide bonds. The van der Waals surface area contributed by atoms with E-state index in [1.807, 2.05) is 0 Å². The molecule has 1 fully saturated rings. The summed E-state index contributed by atoms with van der Waals surface area (Å²) in [5.74, 6) is 1.49. The van der Waals surface area contributed by atoms with Gasteiger partial charge in [-0.15, -0.1) is 0 Å². The van der Waals surface area contributed by atoms with Crippen LogP contribution < -0.4 is 5.73 Å². The molecule has 2 N–H and O–H groups in total. The van der Waals surface area contributed by atoms with Gasteiger partial charge in [-0.25, -0.2) is 0 Å². The maximum absolute atomic E-state index is 5.64. The van der Waals surface area contributed by atoms with Gasteiger partial charge in [0.1, 0.15) is 0 Å². The van der Waals surface area contributed by atoms with Gasteiger partial charge in [0.2, 0.25) is 0 Å². The maximum atomic E-state index is 5.64. The Labute approximate surface area is 118 Å². The zero-order chi connectivity index (χ0) is 13.7. The van der Waals surface area contributed by atoms with E-state index in [-0.39, 0.29) is 0 Å². The third-order valence-corrected chi connectivity index (χ3v) is 4.33. The molecule has 1 aromatic carbocycles. The first-order valence-corrected chi connectivity index (χ1v) is 7.70. The fourth-order valence-electron chi connectivity index (χ4n) is 2.94. The summed E-state index contributed by atoms with van der Waals surface area (Å²) in [7, 11) is 0. The lowest BCUT2D eigenvalue weighted by atomic mass is 9.93. The Bertz CT molecular complexity index is 361. The highest BCUT2D eigenvalue weighted by atomic mass is 15.1. The third kappa shape index (κ3) is 4.32. The molecular formula is C17H28N2. The van der Waals surface area contributed by atoms with Crippen molar-refractivity contribution in [2.75, 3.05) is 19.6 Å². The predicted octanol–water partition coefficient (Wildman–Crippen LogP) is 3.37. The molecule has 0 unspecified atom stereocenters. The van der Waals surface area contributed by atoms with Crippen molar-refractivity contribution in [2.24, 2.45) is 11.7 Å². The second-order valence-electron chi connectivity index (χ2n) is 6.19. The van der Waals surface area contributed by atoms with Crippen molar-refractivity contribution in [3.05, 3.63) is 35.4 Å². The molecule has 0 atom stereocenters. The van der Waals surface area contributed by atoms with Crippen molar-refractivity contribution >= 4 is 0 Å². The molecule has 2 nitrogen and oxygen atoms in total. The summed E-state index contributed by atoms with van der Waals surface area (Å²) < 4.78 is 0. The van der Waals surface area contributed by atoms with E-state index < -0.39 is 0 Å². The van der Waals surface area contributed by atoms with E-state index in [4.69, 9.17) is 5.73 Å². The van der Waals surface area contributed by atoms with E-state index in [2.05, 4.69) is 43.0 Å². The lowest BCUT2D eigenvalue weighted by Crippen LogP contribution is -2.33. The first kappa shape index (κ1) is 14.5. The zero-order valence-electron chi connectivity index (χ0n) is 12.4. The molecule has 1 aliphatic rings. The number of piperidine rings is 1. The minimum absolute atomic E-state index is 0.626. The van der Waals surface area contributed by atoms with E-state index in [0.717, 1.165) is 19.0 Å². The van der Waals surface area contributed by atoms with Crippen LogP contribution in [0.5, 0.6) is 0 Å². The molecule has 1 heterocycles. The third-order valence-electron chi connectivity index (χ3n) is 4.33. The lowest BCUT2D eigenvalue weighted by Gasteiger charge is -2.31. The largest absolute Gasteiger partial charge is 0.330 e. The molecule has 0 radical (unpaired) electrons. The highest BCUT2D eigenvalue weighted by Gasteiger charge is 2.18. The van der Waals surface area contributed by atoms with Gasteiger partial charge in [0.25, 0.3) is 0 Å². The Morgan fingerprint density at radius 3 is 2.32 bits per heavy atom. The van der Waals surface area contributed by atoms with Crippen molar-refractivity contribution < 1.29 is 0 Å². The summed E-state index contributed by atoms with van der Waals surface area (Å²) in [5.41, 5.74) is 8.52. The first-order valence-electron chi connectivity index (χ1n) is 7.70. The molecule has 2 heteroatoms. The number of nitrogens with two attached hydrogens (primary N) is 1. The quantitative estimate of drug-likeness (QED) is 0.879. The van der Waals surface area contributed by atoms with Crippen molar-refractivity contribution in [3.63, 3.8) is 0 Å².